The monoisotopic (exact) mass is 422 g/mol. The fourth-order valence-corrected chi connectivity index (χ4v) is 4.63. The van der Waals surface area contributed by atoms with Crippen molar-refractivity contribution in [1.29, 1.82) is 5.26 Å². The Hall–Kier alpha value is -3.21. The number of likely N-dealkylation sites (N-methyl/N-ethyl adjacent to an activating group) is 1. The van der Waals surface area contributed by atoms with Crippen molar-refractivity contribution in [3.8, 4) is 6.07 Å². The number of hydrogen-bond acceptors (Lipinski definition) is 6. The molecule has 1 aliphatic carbocycles. The fraction of sp³-hybridized carbons (Fsp3) is 0.522. The van der Waals surface area contributed by atoms with Crippen molar-refractivity contribution in [2.45, 2.75) is 70.1 Å². The summed E-state index contributed by atoms with van der Waals surface area (Å²) in [6, 6.07) is 6.95. The number of esters is 1. The summed E-state index contributed by atoms with van der Waals surface area (Å²) in [5.74, 6) is -0.331. The topological polar surface area (TPSA) is 105 Å². The minimum Gasteiger partial charge on any atom is -0.449 e. The lowest BCUT2D eigenvalue weighted by molar-refractivity contribution is -0.143. The van der Waals surface area contributed by atoms with Crippen LogP contribution < -0.4 is 5.56 Å². The minimum absolute atomic E-state index is 0.100. The van der Waals surface area contributed by atoms with Crippen LogP contribution >= 0.6 is 0 Å². The molecule has 0 unspecified atom stereocenters. The molecule has 0 N–H and O–H groups in total. The van der Waals surface area contributed by atoms with E-state index in [9.17, 15) is 19.6 Å². The standard InChI is InChI=1S/C23H26N4O4/c1-15(20(28)26(2)23(14-24)10-4-3-5-11-23)31-22(30)16-8-9-17-18(13-16)25-19-7-6-12-27(19)21(17)29/h8-9,13,15H,3-7,10-12H2,1-2H3/t15-/m0/s1. The molecular weight excluding hydrogens is 396 g/mol. The number of benzene rings is 1. The van der Waals surface area contributed by atoms with E-state index in [1.807, 2.05) is 0 Å². The Labute approximate surface area is 180 Å². The third-order valence-electron chi connectivity index (χ3n) is 6.55. The number of aryl methyl sites for hydroxylation is 1. The predicted molar refractivity (Wildman–Crippen MR) is 113 cm³/mol. The zero-order valence-electron chi connectivity index (χ0n) is 17.9. The lowest BCUT2D eigenvalue weighted by atomic mass is 9.81. The molecule has 8 heteroatoms. The van der Waals surface area contributed by atoms with Gasteiger partial charge in [0.25, 0.3) is 11.5 Å². The molecule has 1 atom stereocenters. The van der Waals surface area contributed by atoms with Crippen molar-refractivity contribution in [1.82, 2.24) is 14.5 Å². The Bertz CT molecular complexity index is 1140. The molecule has 31 heavy (non-hydrogen) atoms. The van der Waals surface area contributed by atoms with Gasteiger partial charge in [-0.15, -0.1) is 0 Å². The SMILES string of the molecule is C[C@H](OC(=O)c1ccc2c(=O)n3c(nc2c1)CCC3)C(=O)N(C)C1(C#N)CCCCC1. The molecule has 2 aromatic rings. The summed E-state index contributed by atoms with van der Waals surface area (Å²) in [7, 11) is 1.61. The first-order valence-corrected chi connectivity index (χ1v) is 10.8. The van der Waals surface area contributed by atoms with Crippen molar-refractivity contribution in [2.24, 2.45) is 0 Å². The molecule has 1 aromatic carbocycles. The van der Waals surface area contributed by atoms with Crippen LogP contribution in [0.5, 0.6) is 0 Å². The molecule has 1 saturated carbocycles. The van der Waals surface area contributed by atoms with Gasteiger partial charge in [-0.05, 0) is 44.4 Å². The summed E-state index contributed by atoms with van der Waals surface area (Å²) in [5.41, 5.74) is -0.255. The molecule has 162 valence electrons. The fourth-order valence-electron chi connectivity index (χ4n) is 4.63. The second-order valence-corrected chi connectivity index (χ2v) is 8.47. The number of hydrogen-bond donors (Lipinski definition) is 0. The molecule has 1 aliphatic heterocycles. The van der Waals surface area contributed by atoms with E-state index in [0.29, 0.717) is 30.3 Å². The zero-order chi connectivity index (χ0) is 22.2. The number of amides is 1. The Kier molecular flexibility index (Phi) is 5.52. The second-order valence-electron chi connectivity index (χ2n) is 8.47. The van der Waals surface area contributed by atoms with Crippen molar-refractivity contribution in [3.63, 3.8) is 0 Å². The number of carbonyl (C=O) groups is 2. The highest BCUT2D eigenvalue weighted by Crippen LogP contribution is 2.33. The van der Waals surface area contributed by atoms with E-state index in [0.717, 1.165) is 37.9 Å². The maximum Gasteiger partial charge on any atom is 0.338 e. The summed E-state index contributed by atoms with van der Waals surface area (Å²) in [4.78, 5) is 44.2. The predicted octanol–water partition coefficient (Wildman–Crippen LogP) is 2.57. The summed E-state index contributed by atoms with van der Waals surface area (Å²) < 4.78 is 7.09. The zero-order valence-corrected chi connectivity index (χ0v) is 17.9. The van der Waals surface area contributed by atoms with E-state index >= 15 is 0 Å². The largest absolute Gasteiger partial charge is 0.449 e. The van der Waals surface area contributed by atoms with Gasteiger partial charge in [0.05, 0.1) is 22.5 Å². The molecule has 1 fully saturated rings. The molecule has 0 bridgehead atoms. The Morgan fingerprint density at radius 3 is 2.71 bits per heavy atom. The molecule has 8 nitrogen and oxygen atoms in total. The van der Waals surface area contributed by atoms with Gasteiger partial charge in [0.1, 0.15) is 11.4 Å². The number of fused-ring (bicyclic) bond motifs is 2. The Balaban J connectivity index is 1.51. The van der Waals surface area contributed by atoms with E-state index in [1.54, 1.807) is 17.7 Å². The van der Waals surface area contributed by atoms with Crippen LogP contribution in [0.3, 0.4) is 0 Å². The van der Waals surface area contributed by atoms with Gasteiger partial charge in [-0.1, -0.05) is 19.3 Å². The van der Waals surface area contributed by atoms with Crippen LogP contribution in [0.15, 0.2) is 23.0 Å². The summed E-state index contributed by atoms with van der Waals surface area (Å²) in [5, 5.41) is 10.2. The Morgan fingerprint density at radius 1 is 1.26 bits per heavy atom. The third kappa shape index (κ3) is 3.69. The smallest absolute Gasteiger partial charge is 0.338 e. The lowest BCUT2D eigenvalue weighted by Gasteiger charge is -2.39. The highest BCUT2D eigenvalue weighted by Gasteiger charge is 2.40. The molecule has 0 radical (unpaired) electrons. The quantitative estimate of drug-likeness (QED) is 0.701. The Morgan fingerprint density at radius 2 is 2.00 bits per heavy atom. The molecule has 1 amide bonds. The van der Waals surface area contributed by atoms with Crippen LogP contribution in [0.4, 0.5) is 0 Å². The minimum atomic E-state index is -1.03. The number of rotatable bonds is 4. The molecular formula is C23H26N4O4. The second kappa shape index (κ2) is 8.14. The van der Waals surface area contributed by atoms with Gasteiger partial charge in [0, 0.05) is 20.0 Å². The van der Waals surface area contributed by atoms with Crippen LogP contribution in [0.2, 0.25) is 0 Å². The number of aromatic nitrogens is 2. The van der Waals surface area contributed by atoms with Crippen LogP contribution in [0, 0.1) is 11.3 Å². The molecule has 1 aromatic heterocycles. The van der Waals surface area contributed by atoms with Gasteiger partial charge in [-0.3, -0.25) is 14.2 Å². The number of nitriles is 1. The van der Waals surface area contributed by atoms with Gasteiger partial charge < -0.3 is 9.64 Å². The summed E-state index contributed by atoms with van der Waals surface area (Å²) in [6.45, 7) is 2.18. The van der Waals surface area contributed by atoms with E-state index in [-0.39, 0.29) is 11.1 Å². The first-order chi connectivity index (χ1) is 14.9. The van der Waals surface area contributed by atoms with E-state index in [1.165, 1.54) is 24.0 Å². The average Bonchev–Trinajstić information content (AvgIpc) is 3.27. The molecule has 2 aliphatic rings. The van der Waals surface area contributed by atoms with E-state index in [4.69, 9.17) is 4.74 Å². The lowest BCUT2D eigenvalue weighted by Crippen LogP contribution is -2.53. The summed E-state index contributed by atoms with van der Waals surface area (Å²) in [6.07, 6.45) is 4.69. The number of nitrogens with zero attached hydrogens (tertiary/aromatic N) is 4. The van der Waals surface area contributed by atoms with Crippen LogP contribution in [0.1, 0.15) is 61.6 Å². The van der Waals surface area contributed by atoms with Crippen LogP contribution in [0.25, 0.3) is 10.9 Å². The van der Waals surface area contributed by atoms with Crippen molar-refractivity contribution in [3.05, 3.63) is 39.9 Å². The van der Waals surface area contributed by atoms with Gasteiger partial charge in [-0.2, -0.15) is 5.26 Å². The molecule has 0 saturated heterocycles. The molecule has 2 heterocycles. The molecule has 0 spiro atoms. The van der Waals surface area contributed by atoms with Crippen molar-refractivity contribution >= 4 is 22.8 Å². The summed E-state index contributed by atoms with van der Waals surface area (Å²) >= 11 is 0. The first-order valence-electron chi connectivity index (χ1n) is 10.8. The highest BCUT2D eigenvalue weighted by atomic mass is 16.5. The normalized spacial score (nSPS) is 18.1. The maximum atomic E-state index is 12.9. The van der Waals surface area contributed by atoms with Gasteiger partial charge in [-0.25, -0.2) is 9.78 Å². The van der Waals surface area contributed by atoms with E-state index in [2.05, 4.69) is 11.1 Å². The molecule has 4 rings (SSSR count). The highest BCUT2D eigenvalue weighted by molar-refractivity contribution is 5.95. The maximum absolute atomic E-state index is 12.9. The van der Waals surface area contributed by atoms with Crippen molar-refractivity contribution in [2.75, 3.05) is 7.05 Å². The van der Waals surface area contributed by atoms with Crippen LogP contribution in [-0.2, 0) is 22.5 Å². The first kappa shape index (κ1) is 21.0. The van der Waals surface area contributed by atoms with Gasteiger partial charge in [0.15, 0.2) is 6.10 Å². The van der Waals surface area contributed by atoms with Crippen LogP contribution in [-0.4, -0.2) is 45.0 Å². The number of carbonyl (C=O) groups excluding carboxylic acids is 2. The van der Waals surface area contributed by atoms with Gasteiger partial charge >= 0.3 is 5.97 Å². The van der Waals surface area contributed by atoms with Gasteiger partial charge in [0.2, 0.25) is 0 Å². The average molecular weight is 422 g/mol. The van der Waals surface area contributed by atoms with Crippen molar-refractivity contribution < 1.29 is 14.3 Å². The van der Waals surface area contributed by atoms with E-state index < -0.39 is 23.5 Å². The third-order valence-corrected chi connectivity index (χ3v) is 6.55. The number of ether oxygens (including phenoxy) is 1.